The highest BCUT2D eigenvalue weighted by Gasteiger charge is 2.32. The third kappa shape index (κ3) is 4.66. The van der Waals surface area contributed by atoms with Gasteiger partial charge in [-0.15, -0.1) is 0 Å². The topological polar surface area (TPSA) is 57.6 Å². The fourth-order valence-corrected chi connectivity index (χ4v) is 3.02. The molecule has 1 aliphatic rings. The number of ether oxygens (including phenoxy) is 1. The van der Waals surface area contributed by atoms with Crippen molar-refractivity contribution in [3.63, 3.8) is 0 Å². The summed E-state index contributed by atoms with van der Waals surface area (Å²) in [5.41, 5.74) is 0.602. The van der Waals surface area contributed by atoms with Gasteiger partial charge in [0.25, 0.3) is 0 Å². The summed E-state index contributed by atoms with van der Waals surface area (Å²) < 4.78 is 5.04. The van der Waals surface area contributed by atoms with Crippen molar-refractivity contribution >= 4 is 5.82 Å². The van der Waals surface area contributed by atoms with E-state index in [0.717, 1.165) is 50.2 Å². The Bertz CT molecular complexity index is 433. The molecule has 2 N–H and O–H groups in total. The molecule has 0 bridgehead atoms. The summed E-state index contributed by atoms with van der Waals surface area (Å²) in [5.74, 6) is 0.947. The van der Waals surface area contributed by atoms with Crippen molar-refractivity contribution in [3.05, 3.63) is 23.9 Å². The van der Waals surface area contributed by atoms with Gasteiger partial charge in [0.2, 0.25) is 0 Å². The molecule has 1 fully saturated rings. The molecular weight excluding hydrogens is 266 g/mol. The van der Waals surface area contributed by atoms with E-state index in [2.05, 4.69) is 21.3 Å². The van der Waals surface area contributed by atoms with Gasteiger partial charge in [-0.25, -0.2) is 4.98 Å². The lowest BCUT2D eigenvalue weighted by Gasteiger charge is -2.30. The third-order valence-electron chi connectivity index (χ3n) is 4.09. The van der Waals surface area contributed by atoms with Crippen LogP contribution < -0.4 is 10.2 Å². The van der Waals surface area contributed by atoms with Crippen molar-refractivity contribution in [1.82, 2.24) is 10.3 Å². The van der Waals surface area contributed by atoms with Gasteiger partial charge in [-0.3, -0.25) is 0 Å². The summed E-state index contributed by atoms with van der Waals surface area (Å²) >= 11 is 0. The number of aromatic nitrogens is 1. The highest BCUT2D eigenvalue weighted by atomic mass is 16.5. The molecule has 0 aromatic carbocycles. The minimum Gasteiger partial charge on any atom is -0.388 e. The summed E-state index contributed by atoms with van der Waals surface area (Å²) in [6, 6.07) is 4.03. The third-order valence-corrected chi connectivity index (χ3v) is 4.09. The van der Waals surface area contributed by atoms with Crippen molar-refractivity contribution in [2.75, 3.05) is 38.8 Å². The van der Waals surface area contributed by atoms with E-state index < -0.39 is 5.60 Å². The first-order valence-corrected chi connectivity index (χ1v) is 7.72. The number of nitrogens with zero attached hydrogens (tertiary/aromatic N) is 2. The molecule has 0 spiro atoms. The van der Waals surface area contributed by atoms with E-state index >= 15 is 0 Å². The first-order chi connectivity index (χ1) is 10.1. The molecule has 0 unspecified atom stereocenters. The van der Waals surface area contributed by atoms with Crippen molar-refractivity contribution < 1.29 is 9.84 Å². The van der Waals surface area contributed by atoms with E-state index in [1.807, 2.05) is 19.3 Å². The van der Waals surface area contributed by atoms with Gasteiger partial charge < -0.3 is 20.1 Å². The maximum absolute atomic E-state index is 10.6. The number of pyridine rings is 1. The van der Waals surface area contributed by atoms with E-state index in [9.17, 15) is 5.11 Å². The van der Waals surface area contributed by atoms with E-state index in [0.29, 0.717) is 13.2 Å². The molecule has 1 aliphatic carbocycles. The Morgan fingerprint density at radius 2 is 2.19 bits per heavy atom. The Morgan fingerprint density at radius 1 is 1.43 bits per heavy atom. The van der Waals surface area contributed by atoms with E-state index in [1.165, 1.54) is 0 Å². The van der Waals surface area contributed by atoms with Gasteiger partial charge in [-0.1, -0.05) is 18.9 Å². The van der Waals surface area contributed by atoms with Crippen LogP contribution in [0.1, 0.15) is 31.2 Å². The first-order valence-electron chi connectivity index (χ1n) is 7.72. The Morgan fingerprint density at radius 3 is 2.90 bits per heavy atom. The van der Waals surface area contributed by atoms with Gasteiger partial charge in [-0.05, 0) is 18.9 Å². The van der Waals surface area contributed by atoms with Crippen LogP contribution in [-0.4, -0.2) is 49.5 Å². The molecule has 1 saturated carbocycles. The van der Waals surface area contributed by atoms with Gasteiger partial charge >= 0.3 is 0 Å². The SMILES string of the molecule is COCCNCc1cccnc1N(C)CC1(O)CCCC1. The Labute approximate surface area is 127 Å². The summed E-state index contributed by atoms with van der Waals surface area (Å²) in [4.78, 5) is 6.58. The molecule has 1 aromatic rings. The smallest absolute Gasteiger partial charge is 0.132 e. The zero-order valence-electron chi connectivity index (χ0n) is 13.1. The van der Waals surface area contributed by atoms with Gasteiger partial charge in [-0.2, -0.15) is 0 Å². The lowest BCUT2D eigenvalue weighted by atomic mass is 10.0. The second kappa shape index (κ2) is 7.73. The molecule has 1 heterocycles. The first kappa shape index (κ1) is 16.2. The molecule has 118 valence electrons. The van der Waals surface area contributed by atoms with Crippen molar-refractivity contribution in [3.8, 4) is 0 Å². The Hall–Kier alpha value is -1.17. The molecule has 5 nitrogen and oxygen atoms in total. The maximum atomic E-state index is 10.6. The summed E-state index contributed by atoms with van der Waals surface area (Å²) in [7, 11) is 3.71. The van der Waals surface area contributed by atoms with Crippen molar-refractivity contribution in [1.29, 1.82) is 0 Å². The van der Waals surface area contributed by atoms with Crippen LogP contribution in [0.2, 0.25) is 0 Å². The van der Waals surface area contributed by atoms with Crippen LogP contribution in [0.3, 0.4) is 0 Å². The van der Waals surface area contributed by atoms with E-state index in [-0.39, 0.29) is 0 Å². The fourth-order valence-electron chi connectivity index (χ4n) is 3.02. The molecule has 0 saturated heterocycles. The molecule has 5 heteroatoms. The summed E-state index contributed by atoms with van der Waals surface area (Å²) in [6.45, 7) is 2.92. The van der Waals surface area contributed by atoms with Crippen LogP contribution >= 0.6 is 0 Å². The minimum atomic E-state index is -0.549. The number of anilines is 1. The Kier molecular flexibility index (Phi) is 5.96. The molecule has 0 aliphatic heterocycles. The number of aliphatic hydroxyl groups is 1. The number of hydrogen-bond acceptors (Lipinski definition) is 5. The van der Waals surface area contributed by atoms with Gasteiger partial charge in [0.05, 0.1) is 12.2 Å². The summed E-state index contributed by atoms with van der Waals surface area (Å²) in [5, 5.41) is 13.9. The van der Waals surface area contributed by atoms with Gasteiger partial charge in [0.15, 0.2) is 0 Å². The lowest BCUT2D eigenvalue weighted by Crippen LogP contribution is -2.40. The predicted molar refractivity (Wildman–Crippen MR) is 84.5 cm³/mol. The minimum absolute atomic E-state index is 0.549. The number of hydrogen-bond donors (Lipinski definition) is 2. The van der Waals surface area contributed by atoms with Crippen LogP contribution in [0.5, 0.6) is 0 Å². The zero-order chi connectivity index (χ0) is 15.1. The highest BCUT2D eigenvalue weighted by molar-refractivity contribution is 5.46. The van der Waals surface area contributed by atoms with Gasteiger partial charge in [0, 0.05) is 45.6 Å². The quantitative estimate of drug-likeness (QED) is 0.712. The van der Waals surface area contributed by atoms with Gasteiger partial charge in [0.1, 0.15) is 5.82 Å². The average Bonchev–Trinajstić information content (AvgIpc) is 2.90. The monoisotopic (exact) mass is 293 g/mol. The van der Waals surface area contributed by atoms with Crippen LogP contribution in [0, 0.1) is 0 Å². The molecule has 0 atom stereocenters. The maximum Gasteiger partial charge on any atom is 0.132 e. The normalized spacial score (nSPS) is 17.1. The van der Waals surface area contributed by atoms with E-state index in [4.69, 9.17) is 4.74 Å². The summed E-state index contributed by atoms with van der Waals surface area (Å²) in [6.07, 6.45) is 5.84. The van der Waals surface area contributed by atoms with Crippen LogP contribution in [0.15, 0.2) is 18.3 Å². The fraction of sp³-hybridized carbons (Fsp3) is 0.688. The molecule has 0 radical (unpaired) electrons. The van der Waals surface area contributed by atoms with Crippen molar-refractivity contribution in [2.45, 2.75) is 37.8 Å². The highest BCUT2D eigenvalue weighted by Crippen LogP contribution is 2.31. The largest absolute Gasteiger partial charge is 0.388 e. The molecular formula is C16H27N3O2. The lowest BCUT2D eigenvalue weighted by molar-refractivity contribution is 0.0557. The average molecular weight is 293 g/mol. The van der Waals surface area contributed by atoms with Crippen LogP contribution in [-0.2, 0) is 11.3 Å². The molecule has 21 heavy (non-hydrogen) atoms. The number of nitrogens with one attached hydrogen (secondary N) is 1. The number of likely N-dealkylation sites (N-methyl/N-ethyl adjacent to an activating group) is 1. The standard InChI is InChI=1S/C16H27N3O2/c1-19(13-16(20)7-3-4-8-16)15-14(6-5-9-18-15)12-17-10-11-21-2/h5-6,9,17,20H,3-4,7-8,10-13H2,1-2H3. The second-order valence-electron chi connectivity index (χ2n) is 5.94. The van der Waals surface area contributed by atoms with Crippen LogP contribution in [0.25, 0.3) is 0 Å². The number of rotatable bonds is 8. The van der Waals surface area contributed by atoms with Crippen molar-refractivity contribution in [2.24, 2.45) is 0 Å². The molecule has 2 rings (SSSR count). The molecule has 0 amide bonds. The predicted octanol–water partition coefficient (Wildman–Crippen LogP) is 1.56. The zero-order valence-corrected chi connectivity index (χ0v) is 13.1. The van der Waals surface area contributed by atoms with E-state index in [1.54, 1.807) is 7.11 Å². The Balaban J connectivity index is 1.97. The molecule has 1 aromatic heterocycles. The van der Waals surface area contributed by atoms with Crippen LogP contribution in [0.4, 0.5) is 5.82 Å². The second-order valence-corrected chi connectivity index (χ2v) is 5.94. The number of methoxy groups -OCH3 is 1.